The number of nitrogens with one attached hydrogen (secondary N) is 2. The third-order valence-electron chi connectivity index (χ3n) is 4.04. The van der Waals surface area contributed by atoms with E-state index in [2.05, 4.69) is 10.3 Å². The van der Waals surface area contributed by atoms with Crippen LogP contribution in [-0.2, 0) is 6.54 Å². The van der Waals surface area contributed by atoms with E-state index in [1.54, 1.807) is 26.0 Å². The molecule has 2 heterocycles. The average Bonchev–Trinajstić information content (AvgIpc) is 2.85. The third kappa shape index (κ3) is 2.71. The molecule has 3 aromatic rings. The van der Waals surface area contributed by atoms with Crippen molar-refractivity contribution in [2.45, 2.75) is 27.3 Å². The summed E-state index contributed by atoms with van der Waals surface area (Å²) in [6.45, 7) is 5.37. The van der Waals surface area contributed by atoms with Gasteiger partial charge in [0.05, 0.1) is 0 Å². The largest absolute Gasteiger partial charge is 0.448 e. The van der Waals surface area contributed by atoms with E-state index in [1.807, 2.05) is 13.0 Å². The van der Waals surface area contributed by atoms with Crippen molar-refractivity contribution < 1.29 is 13.6 Å². The first-order chi connectivity index (χ1) is 11.4. The molecule has 6 heteroatoms. The molecule has 3 rings (SSSR count). The summed E-state index contributed by atoms with van der Waals surface area (Å²) in [6.07, 6.45) is 0. The van der Waals surface area contributed by atoms with Crippen LogP contribution in [0.1, 0.15) is 32.9 Å². The maximum Gasteiger partial charge on any atom is 0.287 e. The predicted molar refractivity (Wildman–Crippen MR) is 88.6 cm³/mol. The lowest BCUT2D eigenvalue weighted by atomic mass is 10.1. The SMILES string of the molecule is Cc1cc(C)c(CNC(=O)c2oc3c(F)cccc3c2C)c(=O)[nH]1. The molecule has 2 N–H and O–H groups in total. The molecular formula is C18H17FN2O3. The molecule has 0 radical (unpaired) electrons. The Bertz CT molecular complexity index is 1000. The van der Waals surface area contributed by atoms with Crippen molar-refractivity contribution in [1.82, 2.24) is 10.3 Å². The lowest BCUT2D eigenvalue weighted by Crippen LogP contribution is -2.28. The Balaban J connectivity index is 1.88. The quantitative estimate of drug-likeness (QED) is 0.776. The van der Waals surface area contributed by atoms with E-state index in [0.29, 0.717) is 16.5 Å². The Kier molecular flexibility index (Phi) is 3.97. The second kappa shape index (κ2) is 5.96. The number of carbonyl (C=O) groups excluding carboxylic acids is 1. The van der Waals surface area contributed by atoms with Gasteiger partial charge in [-0.05, 0) is 38.5 Å². The predicted octanol–water partition coefficient (Wildman–Crippen LogP) is 3.12. The second-order valence-corrected chi connectivity index (χ2v) is 5.80. The van der Waals surface area contributed by atoms with Gasteiger partial charge in [-0.3, -0.25) is 9.59 Å². The van der Waals surface area contributed by atoms with Gasteiger partial charge in [0.25, 0.3) is 11.5 Å². The molecule has 0 aliphatic carbocycles. The minimum atomic E-state index is -0.513. The fourth-order valence-corrected chi connectivity index (χ4v) is 2.78. The number of halogens is 1. The standard InChI is InChI=1S/C18H17FN2O3/c1-9-7-10(2)21-17(22)13(9)8-20-18(23)15-11(3)12-5-4-6-14(19)16(12)24-15/h4-7H,8H2,1-3H3,(H,20,23)(H,21,22). The molecule has 0 aliphatic rings. The van der Waals surface area contributed by atoms with Gasteiger partial charge in [0.2, 0.25) is 0 Å². The molecule has 1 amide bonds. The number of para-hydroxylation sites is 1. The number of rotatable bonds is 3. The monoisotopic (exact) mass is 328 g/mol. The van der Waals surface area contributed by atoms with Gasteiger partial charge in [-0.25, -0.2) is 4.39 Å². The van der Waals surface area contributed by atoms with Gasteiger partial charge in [0.1, 0.15) is 0 Å². The Labute approximate surface area is 137 Å². The van der Waals surface area contributed by atoms with E-state index in [9.17, 15) is 14.0 Å². The van der Waals surface area contributed by atoms with Crippen LogP contribution in [0.4, 0.5) is 4.39 Å². The van der Waals surface area contributed by atoms with Crippen LogP contribution < -0.4 is 10.9 Å². The fourth-order valence-electron chi connectivity index (χ4n) is 2.78. The van der Waals surface area contributed by atoms with Crippen LogP contribution in [0, 0.1) is 26.6 Å². The van der Waals surface area contributed by atoms with Crippen LogP contribution in [0.25, 0.3) is 11.0 Å². The third-order valence-corrected chi connectivity index (χ3v) is 4.04. The number of benzene rings is 1. The van der Waals surface area contributed by atoms with E-state index in [0.717, 1.165) is 11.3 Å². The van der Waals surface area contributed by atoms with Crippen molar-refractivity contribution >= 4 is 16.9 Å². The summed E-state index contributed by atoms with van der Waals surface area (Å²) < 4.78 is 19.2. The second-order valence-electron chi connectivity index (χ2n) is 5.80. The number of pyridine rings is 1. The number of amides is 1. The molecule has 0 bridgehead atoms. The molecule has 5 nitrogen and oxygen atoms in total. The van der Waals surface area contributed by atoms with Crippen molar-refractivity contribution in [2.24, 2.45) is 0 Å². The molecule has 0 saturated heterocycles. The van der Waals surface area contributed by atoms with Crippen LogP contribution in [0.15, 0.2) is 33.5 Å². The van der Waals surface area contributed by atoms with Crippen LogP contribution >= 0.6 is 0 Å². The Morgan fingerprint density at radius 1 is 1.29 bits per heavy atom. The molecule has 0 unspecified atom stereocenters. The van der Waals surface area contributed by atoms with Gasteiger partial charge in [0, 0.05) is 28.8 Å². The number of aryl methyl sites for hydroxylation is 3. The van der Waals surface area contributed by atoms with Crippen molar-refractivity contribution in [3.8, 4) is 0 Å². The molecule has 0 spiro atoms. The number of fused-ring (bicyclic) bond motifs is 1. The summed E-state index contributed by atoms with van der Waals surface area (Å²) in [4.78, 5) is 27.1. The molecular weight excluding hydrogens is 311 g/mol. The van der Waals surface area contributed by atoms with Crippen molar-refractivity contribution in [2.75, 3.05) is 0 Å². The van der Waals surface area contributed by atoms with Crippen LogP contribution in [0.3, 0.4) is 0 Å². The molecule has 24 heavy (non-hydrogen) atoms. The highest BCUT2D eigenvalue weighted by atomic mass is 19.1. The minimum absolute atomic E-state index is 0.0521. The Morgan fingerprint density at radius 2 is 2.04 bits per heavy atom. The number of aromatic nitrogens is 1. The number of carbonyl (C=O) groups is 1. The van der Waals surface area contributed by atoms with Gasteiger partial charge in [-0.1, -0.05) is 12.1 Å². The van der Waals surface area contributed by atoms with Crippen LogP contribution in [0.5, 0.6) is 0 Å². The number of aromatic amines is 1. The normalized spacial score (nSPS) is 11.0. The van der Waals surface area contributed by atoms with E-state index >= 15 is 0 Å². The van der Waals surface area contributed by atoms with Crippen LogP contribution in [-0.4, -0.2) is 10.9 Å². The first kappa shape index (κ1) is 16.0. The highest BCUT2D eigenvalue weighted by Crippen LogP contribution is 2.27. The summed E-state index contributed by atoms with van der Waals surface area (Å²) in [6, 6.07) is 6.38. The summed E-state index contributed by atoms with van der Waals surface area (Å²) in [5, 5.41) is 3.22. The Hall–Kier alpha value is -2.89. The smallest absolute Gasteiger partial charge is 0.287 e. The molecule has 0 saturated carbocycles. The van der Waals surface area contributed by atoms with E-state index in [-0.39, 0.29) is 23.4 Å². The van der Waals surface area contributed by atoms with E-state index in [4.69, 9.17) is 4.42 Å². The van der Waals surface area contributed by atoms with Crippen molar-refractivity contribution in [1.29, 1.82) is 0 Å². The zero-order valence-electron chi connectivity index (χ0n) is 13.6. The Morgan fingerprint density at radius 3 is 2.71 bits per heavy atom. The maximum atomic E-state index is 13.8. The van der Waals surface area contributed by atoms with Crippen molar-refractivity contribution in [3.63, 3.8) is 0 Å². The zero-order chi connectivity index (χ0) is 17.4. The van der Waals surface area contributed by atoms with Gasteiger partial charge in [-0.15, -0.1) is 0 Å². The summed E-state index contributed by atoms with van der Waals surface area (Å²) in [5.41, 5.74) is 2.43. The topological polar surface area (TPSA) is 75.1 Å². The highest BCUT2D eigenvalue weighted by molar-refractivity contribution is 5.98. The van der Waals surface area contributed by atoms with Gasteiger partial charge in [0.15, 0.2) is 17.2 Å². The summed E-state index contributed by atoms with van der Waals surface area (Å²) >= 11 is 0. The van der Waals surface area contributed by atoms with Gasteiger partial charge < -0.3 is 14.7 Å². The lowest BCUT2D eigenvalue weighted by molar-refractivity contribution is 0.0924. The molecule has 2 aromatic heterocycles. The first-order valence-corrected chi connectivity index (χ1v) is 7.53. The minimum Gasteiger partial charge on any atom is -0.448 e. The molecule has 0 fully saturated rings. The number of H-pyrrole nitrogens is 1. The number of hydrogen-bond acceptors (Lipinski definition) is 3. The van der Waals surface area contributed by atoms with E-state index in [1.165, 1.54) is 6.07 Å². The number of furan rings is 1. The molecule has 1 aromatic carbocycles. The van der Waals surface area contributed by atoms with Crippen LogP contribution in [0.2, 0.25) is 0 Å². The summed E-state index contributed by atoms with van der Waals surface area (Å²) in [7, 11) is 0. The fraction of sp³-hybridized carbons (Fsp3) is 0.222. The zero-order valence-corrected chi connectivity index (χ0v) is 13.6. The van der Waals surface area contributed by atoms with Crippen molar-refractivity contribution in [3.05, 3.63) is 68.6 Å². The maximum absolute atomic E-state index is 13.8. The van der Waals surface area contributed by atoms with Gasteiger partial charge in [-0.2, -0.15) is 0 Å². The number of hydrogen-bond donors (Lipinski definition) is 2. The first-order valence-electron chi connectivity index (χ1n) is 7.53. The summed E-state index contributed by atoms with van der Waals surface area (Å²) in [5.74, 6) is -0.945. The molecule has 0 aliphatic heterocycles. The average molecular weight is 328 g/mol. The van der Waals surface area contributed by atoms with Gasteiger partial charge >= 0.3 is 0 Å². The molecule has 0 atom stereocenters. The molecule has 124 valence electrons. The lowest BCUT2D eigenvalue weighted by Gasteiger charge is -2.07. The highest BCUT2D eigenvalue weighted by Gasteiger charge is 2.19. The van der Waals surface area contributed by atoms with E-state index < -0.39 is 11.7 Å².